The number of hydrogen-bond donors (Lipinski definition) is 1. The van der Waals surface area contributed by atoms with E-state index < -0.39 is 0 Å². The van der Waals surface area contributed by atoms with Gasteiger partial charge in [0, 0.05) is 0 Å². The SMILES string of the molecule is COc1ccc(CC(=O)NC(C)c2ccc(C)c(C)c2)cc1. The third-order valence-corrected chi connectivity index (χ3v) is 3.93. The molecular formula is C19H23NO2. The molecule has 0 fully saturated rings. The molecule has 0 radical (unpaired) electrons. The second kappa shape index (κ2) is 7.12. The van der Waals surface area contributed by atoms with Crippen molar-refractivity contribution in [3.05, 3.63) is 64.7 Å². The van der Waals surface area contributed by atoms with E-state index >= 15 is 0 Å². The van der Waals surface area contributed by atoms with Gasteiger partial charge in [0.05, 0.1) is 19.6 Å². The molecule has 22 heavy (non-hydrogen) atoms. The maximum atomic E-state index is 12.2. The normalized spacial score (nSPS) is 11.8. The first-order chi connectivity index (χ1) is 10.5. The highest BCUT2D eigenvalue weighted by Gasteiger charge is 2.11. The minimum atomic E-state index is 0.00467. The molecule has 1 unspecified atom stereocenters. The summed E-state index contributed by atoms with van der Waals surface area (Å²) in [4.78, 5) is 12.2. The summed E-state index contributed by atoms with van der Waals surface area (Å²) < 4.78 is 5.12. The van der Waals surface area contributed by atoms with Crippen LogP contribution in [0.3, 0.4) is 0 Å². The highest BCUT2D eigenvalue weighted by atomic mass is 16.5. The summed E-state index contributed by atoms with van der Waals surface area (Å²) in [6, 6.07) is 13.9. The predicted octanol–water partition coefficient (Wildman–Crippen LogP) is 3.73. The van der Waals surface area contributed by atoms with Crippen LogP contribution in [0.15, 0.2) is 42.5 Å². The lowest BCUT2D eigenvalue weighted by Crippen LogP contribution is -2.28. The van der Waals surface area contributed by atoms with Crippen LogP contribution in [0.25, 0.3) is 0 Å². The lowest BCUT2D eigenvalue weighted by atomic mass is 10.0. The third kappa shape index (κ3) is 4.10. The maximum Gasteiger partial charge on any atom is 0.224 e. The number of aryl methyl sites for hydroxylation is 2. The van der Waals surface area contributed by atoms with E-state index in [1.165, 1.54) is 11.1 Å². The summed E-state index contributed by atoms with van der Waals surface area (Å²) in [5.41, 5.74) is 4.62. The highest BCUT2D eigenvalue weighted by molar-refractivity contribution is 5.79. The molecule has 1 N–H and O–H groups in total. The van der Waals surface area contributed by atoms with Gasteiger partial charge in [-0.15, -0.1) is 0 Å². The van der Waals surface area contributed by atoms with Gasteiger partial charge in [-0.1, -0.05) is 30.3 Å². The van der Waals surface area contributed by atoms with E-state index in [1.807, 2.05) is 31.2 Å². The number of ether oxygens (including phenoxy) is 1. The Balaban J connectivity index is 1.96. The van der Waals surface area contributed by atoms with Crippen molar-refractivity contribution in [2.24, 2.45) is 0 Å². The van der Waals surface area contributed by atoms with Crippen LogP contribution < -0.4 is 10.1 Å². The molecule has 0 aliphatic heterocycles. The summed E-state index contributed by atoms with van der Waals surface area (Å²) >= 11 is 0. The Kier molecular flexibility index (Phi) is 5.21. The highest BCUT2D eigenvalue weighted by Crippen LogP contribution is 2.17. The van der Waals surface area contributed by atoms with E-state index in [0.717, 1.165) is 16.9 Å². The molecule has 116 valence electrons. The van der Waals surface area contributed by atoms with Crippen LogP contribution >= 0.6 is 0 Å². The number of carbonyl (C=O) groups is 1. The number of hydrogen-bond acceptors (Lipinski definition) is 2. The van der Waals surface area contributed by atoms with Crippen LogP contribution in [-0.4, -0.2) is 13.0 Å². The Bertz CT molecular complexity index is 647. The quantitative estimate of drug-likeness (QED) is 0.913. The second-order valence-corrected chi connectivity index (χ2v) is 5.66. The first kappa shape index (κ1) is 16.1. The molecule has 0 saturated heterocycles. The summed E-state index contributed by atoms with van der Waals surface area (Å²) in [5, 5.41) is 3.05. The third-order valence-electron chi connectivity index (χ3n) is 3.93. The summed E-state index contributed by atoms with van der Waals surface area (Å²) in [5.74, 6) is 0.823. The second-order valence-electron chi connectivity index (χ2n) is 5.66. The van der Waals surface area contributed by atoms with Crippen LogP contribution in [0.4, 0.5) is 0 Å². The van der Waals surface area contributed by atoms with E-state index in [1.54, 1.807) is 7.11 Å². The monoisotopic (exact) mass is 297 g/mol. The number of methoxy groups -OCH3 is 1. The summed E-state index contributed by atoms with van der Waals surface area (Å²) in [6.07, 6.45) is 0.374. The van der Waals surface area contributed by atoms with Crippen LogP contribution in [-0.2, 0) is 11.2 Å². The van der Waals surface area contributed by atoms with Gasteiger partial charge in [-0.05, 0) is 55.2 Å². The lowest BCUT2D eigenvalue weighted by molar-refractivity contribution is -0.121. The first-order valence-corrected chi connectivity index (χ1v) is 7.49. The molecule has 2 rings (SSSR count). The molecule has 1 atom stereocenters. The topological polar surface area (TPSA) is 38.3 Å². The van der Waals surface area contributed by atoms with Crippen LogP contribution in [0.2, 0.25) is 0 Å². The maximum absolute atomic E-state index is 12.2. The van der Waals surface area contributed by atoms with E-state index in [-0.39, 0.29) is 11.9 Å². The van der Waals surface area contributed by atoms with Crippen LogP contribution in [0.5, 0.6) is 5.75 Å². The molecule has 0 aromatic heterocycles. The van der Waals surface area contributed by atoms with Gasteiger partial charge in [-0.2, -0.15) is 0 Å². The van der Waals surface area contributed by atoms with Gasteiger partial charge in [-0.3, -0.25) is 4.79 Å². The molecule has 2 aromatic rings. The molecule has 3 nitrogen and oxygen atoms in total. The molecule has 0 spiro atoms. The zero-order chi connectivity index (χ0) is 16.1. The van der Waals surface area contributed by atoms with Crippen LogP contribution in [0.1, 0.15) is 35.2 Å². The fourth-order valence-electron chi connectivity index (χ4n) is 2.34. The van der Waals surface area contributed by atoms with Gasteiger partial charge < -0.3 is 10.1 Å². The zero-order valence-corrected chi connectivity index (χ0v) is 13.6. The van der Waals surface area contributed by atoms with Crippen molar-refractivity contribution < 1.29 is 9.53 Å². The minimum Gasteiger partial charge on any atom is -0.497 e. The van der Waals surface area contributed by atoms with Crippen molar-refractivity contribution in [1.29, 1.82) is 0 Å². The van der Waals surface area contributed by atoms with E-state index in [0.29, 0.717) is 6.42 Å². The van der Waals surface area contributed by atoms with Crippen molar-refractivity contribution in [2.45, 2.75) is 33.2 Å². The summed E-state index contributed by atoms with van der Waals surface area (Å²) in [7, 11) is 1.63. The Morgan fingerprint density at radius 2 is 1.77 bits per heavy atom. The largest absolute Gasteiger partial charge is 0.497 e. The Hall–Kier alpha value is -2.29. The lowest BCUT2D eigenvalue weighted by Gasteiger charge is -2.16. The molecule has 0 bridgehead atoms. The van der Waals surface area contributed by atoms with Crippen LogP contribution in [0, 0.1) is 13.8 Å². The predicted molar refractivity (Wildman–Crippen MR) is 89.2 cm³/mol. The van der Waals surface area contributed by atoms with E-state index in [4.69, 9.17) is 4.74 Å². The Morgan fingerprint density at radius 3 is 2.36 bits per heavy atom. The van der Waals surface area contributed by atoms with Gasteiger partial charge in [0.15, 0.2) is 0 Å². The van der Waals surface area contributed by atoms with Crippen molar-refractivity contribution in [3.8, 4) is 5.75 Å². The Labute approximate surface area is 132 Å². The molecule has 0 aliphatic rings. The smallest absolute Gasteiger partial charge is 0.224 e. The van der Waals surface area contributed by atoms with Crippen molar-refractivity contribution in [2.75, 3.05) is 7.11 Å². The fraction of sp³-hybridized carbons (Fsp3) is 0.316. The van der Waals surface area contributed by atoms with Crippen molar-refractivity contribution in [3.63, 3.8) is 0 Å². The molecule has 0 saturated carbocycles. The van der Waals surface area contributed by atoms with Gasteiger partial charge in [0.25, 0.3) is 0 Å². The van der Waals surface area contributed by atoms with E-state index in [2.05, 4.69) is 37.4 Å². The zero-order valence-electron chi connectivity index (χ0n) is 13.6. The molecule has 0 aliphatic carbocycles. The van der Waals surface area contributed by atoms with Gasteiger partial charge in [0.1, 0.15) is 5.75 Å². The fourth-order valence-corrected chi connectivity index (χ4v) is 2.34. The van der Waals surface area contributed by atoms with Crippen molar-refractivity contribution in [1.82, 2.24) is 5.32 Å². The van der Waals surface area contributed by atoms with Gasteiger partial charge >= 0.3 is 0 Å². The van der Waals surface area contributed by atoms with Crippen molar-refractivity contribution >= 4 is 5.91 Å². The molecule has 1 amide bonds. The number of rotatable bonds is 5. The number of amides is 1. The standard InChI is InChI=1S/C19H23NO2/c1-13-5-8-17(11-14(13)2)15(3)20-19(21)12-16-6-9-18(22-4)10-7-16/h5-11,15H,12H2,1-4H3,(H,20,21). The number of carbonyl (C=O) groups excluding carboxylic acids is 1. The van der Waals surface area contributed by atoms with E-state index in [9.17, 15) is 4.79 Å². The molecular weight excluding hydrogens is 274 g/mol. The van der Waals surface area contributed by atoms with Gasteiger partial charge in [0.2, 0.25) is 5.91 Å². The summed E-state index contributed by atoms with van der Waals surface area (Å²) in [6.45, 7) is 6.19. The number of benzene rings is 2. The Morgan fingerprint density at radius 1 is 1.09 bits per heavy atom. The number of nitrogens with one attached hydrogen (secondary N) is 1. The molecule has 2 aromatic carbocycles. The minimum absolute atomic E-state index is 0.00467. The van der Waals surface area contributed by atoms with Gasteiger partial charge in [-0.25, -0.2) is 0 Å². The molecule has 3 heteroatoms. The first-order valence-electron chi connectivity index (χ1n) is 7.49. The average molecular weight is 297 g/mol. The molecule has 0 heterocycles. The average Bonchev–Trinajstić information content (AvgIpc) is 2.50.